The van der Waals surface area contributed by atoms with Gasteiger partial charge < -0.3 is 4.79 Å². The van der Waals surface area contributed by atoms with Crippen molar-refractivity contribution < 1.29 is 9.59 Å². The van der Waals surface area contributed by atoms with Crippen molar-refractivity contribution in [3.8, 4) is 0 Å². The molecule has 4 unspecified atom stereocenters. The van der Waals surface area contributed by atoms with Crippen molar-refractivity contribution in [2.24, 2.45) is 23.7 Å². The molecule has 0 bridgehead atoms. The highest BCUT2D eigenvalue weighted by atomic mass is 16.1. The van der Waals surface area contributed by atoms with Gasteiger partial charge in [-0.25, -0.2) is 0 Å². The number of hydrogen-bond donors (Lipinski definition) is 0. The van der Waals surface area contributed by atoms with E-state index in [2.05, 4.69) is 13.8 Å². The normalized spacial score (nSPS) is 35.0. The van der Waals surface area contributed by atoms with Crippen LogP contribution in [0.15, 0.2) is 0 Å². The molecule has 2 nitrogen and oxygen atoms in total. The fourth-order valence-electron chi connectivity index (χ4n) is 2.25. The molecular weight excluding hydrogens is 188 g/mol. The van der Waals surface area contributed by atoms with Gasteiger partial charge in [-0.1, -0.05) is 27.7 Å². The first-order chi connectivity index (χ1) is 7.06. The molecule has 2 heteroatoms. The van der Waals surface area contributed by atoms with E-state index in [1.165, 1.54) is 0 Å². The number of ketones is 1. The van der Waals surface area contributed by atoms with Crippen LogP contribution in [0.3, 0.4) is 0 Å². The van der Waals surface area contributed by atoms with E-state index in [-0.39, 0.29) is 17.6 Å². The smallest absolute Gasteiger partial charge is 0.133 e. The summed E-state index contributed by atoms with van der Waals surface area (Å²) in [5.41, 5.74) is 0. The number of rotatable bonds is 2. The lowest BCUT2D eigenvalue weighted by molar-refractivity contribution is -0.129. The van der Waals surface area contributed by atoms with Crippen LogP contribution in [0.1, 0.15) is 47.5 Å². The fourth-order valence-corrected chi connectivity index (χ4v) is 2.25. The zero-order valence-corrected chi connectivity index (χ0v) is 10.6. The molecule has 0 aliphatic heterocycles. The Balaban J connectivity index is 0.000000921. The van der Waals surface area contributed by atoms with Crippen molar-refractivity contribution in [3.05, 3.63) is 0 Å². The van der Waals surface area contributed by atoms with Crippen molar-refractivity contribution >= 4 is 12.1 Å². The standard InChI is InChI=1S/C11H18O2.C2H6/c1-7-4-10(6-12)11(9(3)13)5-8(7)2;1-2/h6-8,10-11H,4-5H2,1-3H3;1-2H3. The number of aldehydes is 1. The molecule has 0 radical (unpaired) electrons. The predicted octanol–water partition coefficient (Wildman–Crippen LogP) is 3.10. The molecule has 0 aromatic rings. The third-order valence-electron chi connectivity index (χ3n) is 3.45. The summed E-state index contributed by atoms with van der Waals surface area (Å²) in [4.78, 5) is 22.0. The molecular formula is C13H24O2. The number of Topliss-reactive ketones (excluding diaryl/α,β-unsaturated/α-hetero) is 1. The number of carbonyl (C=O) groups is 2. The lowest BCUT2D eigenvalue weighted by Crippen LogP contribution is -2.34. The molecule has 1 fully saturated rings. The summed E-state index contributed by atoms with van der Waals surface area (Å²) in [6, 6.07) is 0. The number of hydrogen-bond acceptors (Lipinski definition) is 2. The minimum atomic E-state index is -0.0244. The number of carbonyl (C=O) groups excluding carboxylic acids is 2. The van der Waals surface area contributed by atoms with Gasteiger partial charge in [0.15, 0.2) is 0 Å². The summed E-state index contributed by atoms with van der Waals surface area (Å²) in [6.07, 6.45) is 2.74. The van der Waals surface area contributed by atoms with Gasteiger partial charge in [-0.2, -0.15) is 0 Å². The molecule has 0 aromatic heterocycles. The zero-order valence-electron chi connectivity index (χ0n) is 10.6. The average molecular weight is 212 g/mol. The summed E-state index contributed by atoms with van der Waals surface area (Å²) in [5.74, 6) is 1.29. The fraction of sp³-hybridized carbons (Fsp3) is 0.846. The first-order valence-corrected chi connectivity index (χ1v) is 6.02. The van der Waals surface area contributed by atoms with E-state index >= 15 is 0 Å². The molecule has 4 atom stereocenters. The molecule has 0 amide bonds. The van der Waals surface area contributed by atoms with Crippen molar-refractivity contribution in [2.45, 2.75) is 47.5 Å². The van der Waals surface area contributed by atoms with Crippen LogP contribution in [0.25, 0.3) is 0 Å². The maximum Gasteiger partial charge on any atom is 0.133 e. The summed E-state index contributed by atoms with van der Waals surface area (Å²) < 4.78 is 0. The molecule has 1 saturated carbocycles. The van der Waals surface area contributed by atoms with Crippen LogP contribution in [0.4, 0.5) is 0 Å². The molecule has 0 spiro atoms. The van der Waals surface area contributed by atoms with Gasteiger partial charge in [0.2, 0.25) is 0 Å². The molecule has 0 saturated heterocycles. The Bertz CT molecular complexity index is 211. The Hall–Kier alpha value is -0.660. The van der Waals surface area contributed by atoms with Gasteiger partial charge in [-0.15, -0.1) is 0 Å². The van der Waals surface area contributed by atoms with Crippen molar-refractivity contribution in [1.29, 1.82) is 0 Å². The minimum absolute atomic E-state index is 0.0105. The average Bonchev–Trinajstić information content (AvgIpc) is 2.24. The third kappa shape index (κ3) is 3.77. The predicted molar refractivity (Wildman–Crippen MR) is 62.6 cm³/mol. The molecule has 1 rings (SSSR count). The van der Waals surface area contributed by atoms with E-state index in [4.69, 9.17) is 0 Å². The molecule has 0 N–H and O–H groups in total. The first kappa shape index (κ1) is 14.3. The third-order valence-corrected chi connectivity index (χ3v) is 3.45. The highest BCUT2D eigenvalue weighted by Gasteiger charge is 2.34. The van der Waals surface area contributed by atoms with E-state index in [9.17, 15) is 9.59 Å². The highest BCUT2D eigenvalue weighted by Crippen LogP contribution is 2.36. The lowest BCUT2D eigenvalue weighted by Gasteiger charge is -2.34. The van der Waals surface area contributed by atoms with Crippen LogP contribution in [0.5, 0.6) is 0 Å². The molecule has 88 valence electrons. The Kier molecular flexibility index (Phi) is 6.46. The zero-order chi connectivity index (χ0) is 12.0. The molecule has 0 heterocycles. The lowest BCUT2D eigenvalue weighted by atomic mass is 9.69. The summed E-state index contributed by atoms with van der Waals surface area (Å²) in [6.45, 7) is 9.93. The van der Waals surface area contributed by atoms with Crippen LogP contribution < -0.4 is 0 Å². The van der Waals surface area contributed by atoms with Crippen LogP contribution >= 0.6 is 0 Å². The second kappa shape index (κ2) is 6.76. The van der Waals surface area contributed by atoms with Crippen LogP contribution in [0.2, 0.25) is 0 Å². The van der Waals surface area contributed by atoms with Gasteiger partial charge in [0.25, 0.3) is 0 Å². The van der Waals surface area contributed by atoms with Crippen LogP contribution in [0, 0.1) is 23.7 Å². The van der Waals surface area contributed by atoms with Gasteiger partial charge in [-0.3, -0.25) is 4.79 Å². The van der Waals surface area contributed by atoms with Crippen molar-refractivity contribution in [3.63, 3.8) is 0 Å². The first-order valence-electron chi connectivity index (χ1n) is 6.02. The maximum atomic E-state index is 11.3. The van der Waals surface area contributed by atoms with Crippen molar-refractivity contribution in [1.82, 2.24) is 0 Å². The molecule has 1 aliphatic rings. The minimum Gasteiger partial charge on any atom is -0.303 e. The largest absolute Gasteiger partial charge is 0.303 e. The van der Waals surface area contributed by atoms with E-state index in [1.807, 2.05) is 13.8 Å². The van der Waals surface area contributed by atoms with Crippen LogP contribution in [-0.2, 0) is 9.59 Å². The highest BCUT2D eigenvalue weighted by molar-refractivity contribution is 5.81. The maximum absolute atomic E-state index is 11.3. The SMILES string of the molecule is CC.CC(=O)C1CC(C)C(C)CC1C=O. The van der Waals surface area contributed by atoms with E-state index in [0.717, 1.165) is 19.1 Å². The Morgan fingerprint density at radius 1 is 1.13 bits per heavy atom. The monoisotopic (exact) mass is 212 g/mol. The van der Waals surface area contributed by atoms with Gasteiger partial charge in [0.1, 0.15) is 12.1 Å². The van der Waals surface area contributed by atoms with Gasteiger partial charge in [0.05, 0.1) is 0 Å². The van der Waals surface area contributed by atoms with Gasteiger partial charge in [-0.05, 0) is 31.6 Å². The second-order valence-corrected chi connectivity index (χ2v) is 4.44. The van der Waals surface area contributed by atoms with E-state index in [1.54, 1.807) is 6.92 Å². The molecule has 0 aromatic carbocycles. The Labute approximate surface area is 93.4 Å². The topological polar surface area (TPSA) is 34.1 Å². The van der Waals surface area contributed by atoms with Crippen molar-refractivity contribution in [2.75, 3.05) is 0 Å². The molecule has 1 aliphatic carbocycles. The summed E-state index contributed by atoms with van der Waals surface area (Å²) in [5, 5.41) is 0. The Morgan fingerprint density at radius 3 is 2.00 bits per heavy atom. The second-order valence-electron chi connectivity index (χ2n) is 4.44. The van der Waals surface area contributed by atoms with Crippen LogP contribution in [-0.4, -0.2) is 12.1 Å². The Morgan fingerprint density at radius 2 is 1.60 bits per heavy atom. The summed E-state index contributed by atoms with van der Waals surface area (Å²) >= 11 is 0. The van der Waals surface area contributed by atoms with E-state index < -0.39 is 0 Å². The quantitative estimate of drug-likeness (QED) is 0.659. The summed E-state index contributed by atoms with van der Waals surface area (Å²) in [7, 11) is 0. The molecule has 15 heavy (non-hydrogen) atoms. The van der Waals surface area contributed by atoms with Gasteiger partial charge in [0, 0.05) is 11.8 Å². The van der Waals surface area contributed by atoms with E-state index in [0.29, 0.717) is 11.8 Å². The van der Waals surface area contributed by atoms with Gasteiger partial charge >= 0.3 is 0 Å².